The summed E-state index contributed by atoms with van der Waals surface area (Å²) in [4.78, 5) is 26.0. The molecule has 0 aromatic carbocycles. The summed E-state index contributed by atoms with van der Waals surface area (Å²) < 4.78 is 10.6. The van der Waals surface area contributed by atoms with Gasteiger partial charge in [-0.3, -0.25) is 4.90 Å². The Labute approximate surface area is 204 Å². The number of amides is 1. The molecule has 194 valence electrons. The fraction of sp³-hybridized carbons (Fsp3) is 0.857. The molecule has 0 fully saturated rings. The van der Waals surface area contributed by atoms with E-state index in [-0.39, 0.29) is 18.5 Å². The lowest BCUT2D eigenvalue weighted by atomic mass is 10.0. The predicted molar refractivity (Wildman–Crippen MR) is 138 cm³/mol. The van der Waals surface area contributed by atoms with Gasteiger partial charge in [0.1, 0.15) is 6.04 Å². The molecule has 1 amide bonds. The second-order valence-corrected chi connectivity index (χ2v) is 9.61. The van der Waals surface area contributed by atoms with Crippen molar-refractivity contribution in [1.82, 2.24) is 4.90 Å². The van der Waals surface area contributed by atoms with Crippen LogP contribution < -0.4 is 0 Å². The Kier molecular flexibility index (Phi) is 21.3. The third-order valence-corrected chi connectivity index (χ3v) is 6.12. The van der Waals surface area contributed by atoms with E-state index in [4.69, 9.17) is 9.47 Å². The van der Waals surface area contributed by atoms with Crippen LogP contribution in [0.25, 0.3) is 0 Å². The maximum Gasteiger partial charge on any atom is 0.410 e. The van der Waals surface area contributed by atoms with E-state index in [9.17, 15) is 9.59 Å². The highest BCUT2D eigenvalue weighted by Crippen LogP contribution is 2.15. The van der Waals surface area contributed by atoms with Crippen molar-refractivity contribution in [3.05, 3.63) is 12.7 Å². The minimum atomic E-state index is -0.627. The van der Waals surface area contributed by atoms with Crippen LogP contribution >= 0.6 is 0 Å². The molecular formula is C28H53NO4. The summed E-state index contributed by atoms with van der Waals surface area (Å²) >= 11 is 0. The number of unbranched alkanes of at least 4 members (excludes halogenated alkanes) is 14. The maximum atomic E-state index is 12.5. The molecule has 0 aliphatic rings. The van der Waals surface area contributed by atoms with E-state index in [2.05, 4.69) is 13.5 Å². The van der Waals surface area contributed by atoms with Crippen LogP contribution in [0.15, 0.2) is 12.7 Å². The average Bonchev–Trinajstić information content (AvgIpc) is 2.78. The van der Waals surface area contributed by atoms with Gasteiger partial charge in [0, 0.05) is 7.05 Å². The number of ether oxygens (including phenoxy) is 2. The van der Waals surface area contributed by atoms with Crippen molar-refractivity contribution in [2.45, 2.75) is 130 Å². The number of carbonyl (C=O) groups is 2. The summed E-state index contributed by atoms with van der Waals surface area (Å²) in [6.07, 6.45) is 21.4. The SMILES string of the molecule is C=CCCOC(=O)N(C)C(C(=O)OCCCCCCCCCCCCCCCCC)C(C)C. The van der Waals surface area contributed by atoms with Gasteiger partial charge in [-0.05, 0) is 18.8 Å². The molecule has 0 heterocycles. The van der Waals surface area contributed by atoms with Gasteiger partial charge < -0.3 is 9.47 Å². The largest absolute Gasteiger partial charge is 0.464 e. The first-order valence-electron chi connectivity index (χ1n) is 13.6. The highest BCUT2D eigenvalue weighted by Gasteiger charge is 2.32. The van der Waals surface area contributed by atoms with Crippen molar-refractivity contribution in [2.75, 3.05) is 20.3 Å². The normalized spacial score (nSPS) is 11.9. The molecule has 1 atom stereocenters. The Morgan fingerprint density at radius 2 is 1.21 bits per heavy atom. The minimum absolute atomic E-state index is 0.0458. The third kappa shape index (κ3) is 17.6. The molecule has 5 nitrogen and oxygen atoms in total. The lowest BCUT2D eigenvalue weighted by Gasteiger charge is -2.28. The molecule has 0 saturated carbocycles. The first-order chi connectivity index (χ1) is 16.0. The van der Waals surface area contributed by atoms with E-state index in [1.807, 2.05) is 13.8 Å². The van der Waals surface area contributed by atoms with E-state index >= 15 is 0 Å². The van der Waals surface area contributed by atoms with Gasteiger partial charge in [-0.15, -0.1) is 6.58 Å². The lowest BCUT2D eigenvalue weighted by molar-refractivity contribution is -0.150. The van der Waals surface area contributed by atoms with Crippen molar-refractivity contribution < 1.29 is 19.1 Å². The number of carbonyl (C=O) groups excluding carboxylic acids is 2. The molecule has 1 unspecified atom stereocenters. The zero-order valence-corrected chi connectivity index (χ0v) is 22.2. The van der Waals surface area contributed by atoms with Crippen LogP contribution in [0.3, 0.4) is 0 Å². The lowest BCUT2D eigenvalue weighted by Crippen LogP contribution is -2.46. The Balaban J connectivity index is 3.74. The van der Waals surface area contributed by atoms with Crippen molar-refractivity contribution in [3.8, 4) is 0 Å². The molecule has 0 radical (unpaired) electrons. The van der Waals surface area contributed by atoms with Gasteiger partial charge >= 0.3 is 12.1 Å². The predicted octanol–water partition coefficient (Wildman–Crippen LogP) is 8.07. The van der Waals surface area contributed by atoms with Crippen LogP contribution in [0.1, 0.15) is 124 Å². The van der Waals surface area contributed by atoms with Gasteiger partial charge in [-0.1, -0.05) is 117 Å². The van der Waals surface area contributed by atoms with E-state index < -0.39 is 12.1 Å². The molecule has 0 aliphatic carbocycles. The van der Waals surface area contributed by atoms with Gasteiger partial charge in [0.15, 0.2) is 0 Å². The van der Waals surface area contributed by atoms with Crippen molar-refractivity contribution in [2.24, 2.45) is 5.92 Å². The second kappa shape index (κ2) is 22.3. The zero-order chi connectivity index (χ0) is 24.7. The molecule has 0 spiro atoms. The Bertz CT molecular complexity index is 492. The minimum Gasteiger partial charge on any atom is -0.464 e. The molecule has 0 rings (SSSR count). The van der Waals surface area contributed by atoms with Crippen LogP contribution in [0.5, 0.6) is 0 Å². The summed E-state index contributed by atoms with van der Waals surface area (Å²) in [6.45, 7) is 10.4. The van der Waals surface area contributed by atoms with Gasteiger partial charge in [0.2, 0.25) is 0 Å². The number of esters is 1. The molecular weight excluding hydrogens is 414 g/mol. The number of rotatable bonds is 22. The first-order valence-corrected chi connectivity index (χ1v) is 13.6. The van der Waals surface area contributed by atoms with Crippen molar-refractivity contribution >= 4 is 12.1 Å². The quantitative estimate of drug-likeness (QED) is 0.0917. The summed E-state index contributed by atoms with van der Waals surface area (Å²) in [5.41, 5.74) is 0. The number of nitrogens with zero attached hydrogens (tertiary/aromatic N) is 1. The standard InChI is InChI=1S/C28H53NO4/c1-6-8-10-11-12-13-14-15-16-17-18-19-20-21-22-24-32-27(30)26(25(3)4)29(5)28(31)33-23-9-7-2/h7,25-26H,2,6,8-24H2,1,3-5H3. The van der Waals surface area contributed by atoms with Crippen molar-refractivity contribution in [3.63, 3.8) is 0 Å². The smallest absolute Gasteiger partial charge is 0.410 e. The summed E-state index contributed by atoms with van der Waals surface area (Å²) in [6, 6.07) is -0.627. The summed E-state index contributed by atoms with van der Waals surface area (Å²) in [7, 11) is 1.59. The van der Waals surface area contributed by atoms with E-state index in [1.165, 1.54) is 88.4 Å². The highest BCUT2D eigenvalue weighted by atomic mass is 16.6. The number of hydrogen-bond donors (Lipinski definition) is 0. The molecule has 0 N–H and O–H groups in total. The van der Waals surface area contributed by atoms with Crippen molar-refractivity contribution in [1.29, 1.82) is 0 Å². The summed E-state index contributed by atoms with van der Waals surface area (Å²) in [5.74, 6) is -0.394. The Morgan fingerprint density at radius 1 is 0.758 bits per heavy atom. The molecule has 33 heavy (non-hydrogen) atoms. The molecule has 5 heteroatoms. The molecule has 0 bridgehead atoms. The number of likely N-dealkylation sites (N-methyl/N-ethyl adjacent to an activating group) is 1. The second-order valence-electron chi connectivity index (χ2n) is 9.61. The number of hydrogen-bond acceptors (Lipinski definition) is 4. The summed E-state index contributed by atoms with van der Waals surface area (Å²) in [5, 5.41) is 0. The Hall–Kier alpha value is -1.52. The fourth-order valence-corrected chi connectivity index (χ4v) is 4.05. The maximum absolute atomic E-state index is 12.5. The first kappa shape index (κ1) is 31.5. The van der Waals surface area contributed by atoms with Crippen LogP contribution in [0.2, 0.25) is 0 Å². The van der Waals surface area contributed by atoms with Crippen LogP contribution in [0, 0.1) is 5.92 Å². The van der Waals surface area contributed by atoms with Gasteiger partial charge in [0.05, 0.1) is 13.2 Å². The zero-order valence-electron chi connectivity index (χ0n) is 22.2. The monoisotopic (exact) mass is 467 g/mol. The van der Waals surface area contributed by atoms with Gasteiger partial charge in [0.25, 0.3) is 0 Å². The van der Waals surface area contributed by atoms with Crippen LogP contribution in [0.4, 0.5) is 4.79 Å². The molecule has 0 saturated heterocycles. The van der Waals surface area contributed by atoms with Crippen LogP contribution in [-0.2, 0) is 14.3 Å². The third-order valence-electron chi connectivity index (χ3n) is 6.12. The van der Waals surface area contributed by atoms with E-state index in [1.54, 1.807) is 13.1 Å². The highest BCUT2D eigenvalue weighted by molar-refractivity contribution is 5.81. The molecule has 0 aromatic heterocycles. The topological polar surface area (TPSA) is 55.8 Å². The molecule has 0 aromatic rings. The van der Waals surface area contributed by atoms with Gasteiger partial charge in [-0.25, -0.2) is 9.59 Å². The fourth-order valence-electron chi connectivity index (χ4n) is 4.05. The Morgan fingerprint density at radius 3 is 1.64 bits per heavy atom. The van der Waals surface area contributed by atoms with E-state index in [0.717, 1.165) is 12.8 Å². The average molecular weight is 468 g/mol. The van der Waals surface area contributed by atoms with E-state index in [0.29, 0.717) is 13.0 Å². The van der Waals surface area contributed by atoms with Gasteiger partial charge in [-0.2, -0.15) is 0 Å². The molecule has 0 aliphatic heterocycles. The van der Waals surface area contributed by atoms with Crippen LogP contribution in [-0.4, -0.2) is 43.3 Å².